The molecule has 1 N–H and O–H groups in total. The summed E-state index contributed by atoms with van der Waals surface area (Å²) in [5.74, 6) is 1.86. The summed E-state index contributed by atoms with van der Waals surface area (Å²) in [6.45, 7) is 5.55. The Kier molecular flexibility index (Phi) is 6.40. The van der Waals surface area contributed by atoms with E-state index in [1.807, 2.05) is 31.2 Å². The van der Waals surface area contributed by atoms with E-state index < -0.39 is 0 Å². The number of hydrogen-bond acceptors (Lipinski definition) is 6. The topological polar surface area (TPSA) is 76.6 Å². The van der Waals surface area contributed by atoms with Crippen LogP contribution in [-0.2, 0) is 4.74 Å². The molecule has 1 aliphatic rings. The summed E-state index contributed by atoms with van der Waals surface area (Å²) in [5, 5.41) is 2.84. The lowest BCUT2D eigenvalue weighted by Gasteiger charge is -2.28. The Bertz CT molecular complexity index is 766. The molecular weight excluding hydrogens is 400 g/mol. The van der Waals surface area contributed by atoms with Gasteiger partial charge < -0.3 is 19.7 Å². The zero-order valence-electron chi connectivity index (χ0n) is 14.6. The molecule has 0 radical (unpaired) electrons. The molecular formula is C18H21BrN4O3. The summed E-state index contributed by atoms with van der Waals surface area (Å²) in [6.07, 6.45) is 0. The third-order valence-corrected chi connectivity index (χ3v) is 4.58. The molecule has 0 bridgehead atoms. The molecule has 7 nitrogen and oxygen atoms in total. The second-order valence-corrected chi connectivity index (χ2v) is 6.65. The van der Waals surface area contributed by atoms with Crippen LogP contribution in [0.1, 0.15) is 16.2 Å². The molecule has 0 unspecified atom stereocenters. The Morgan fingerprint density at radius 2 is 2.08 bits per heavy atom. The number of nitrogens with one attached hydrogen (secondary N) is 1. The first-order valence-electron chi connectivity index (χ1n) is 8.47. The zero-order valence-corrected chi connectivity index (χ0v) is 16.2. The maximum Gasteiger partial charge on any atom is 0.252 e. The van der Waals surface area contributed by atoms with Crippen molar-refractivity contribution in [1.82, 2.24) is 15.3 Å². The highest BCUT2D eigenvalue weighted by atomic mass is 79.9. The average molecular weight is 421 g/mol. The first-order chi connectivity index (χ1) is 12.6. The summed E-state index contributed by atoms with van der Waals surface area (Å²) < 4.78 is 11.8. The quantitative estimate of drug-likeness (QED) is 0.721. The third kappa shape index (κ3) is 4.92. The van der Waals surface area contributed by atoms with Crippen LogP contribution in [-0.4, -0.2) is 55.3 Å². The van der Waals surface area contributed by atoms with Crippen molar-refractivity contribution in [2.45, 2.75) is 6.92 Å². The van der Waals surface area contributed by atoms with E-state index >= 15 is 0 Å². The van der Waals surface area contributed by atoms with Crippen molar-refractivity contribution in [2.24, 2.45) is 0 Å². The van der Waals surface area contributed by atoms with Crippen molar-refractivity contribution < 1.29 is 14.3 Å². The van der Waals surface area contributed by atoms with Gasteiger partial charge in [-0.2, -0.15) is 4.98 Å². The van der Waals surface area contributed by atoms with Gasteiger partial charge in [-0.3, -0.25) is 4.79 Å². The fourth-order valence-corrected chi connectivity index (χ4v) is 3.08. The van der Waals surface area contributed by atoms with Gasteiger partial charge >= 0.3 is 0 Å². The van der Waals surface area contributed by atoms with Gasteiger partial charge in [-0.05, 0) is 35.0 Å². The minimum Gasteiger partial charge on any atom is -0.476 e. The Labute approximate surface area is 160 Å². The lowest BCUT2D eigenvalue weighted by molar-refractivity contribution is 0.0945. The fraction of sp³-hybridized carbons (Fsp3) is 0.389. The first-order valence-corrected chi connectivity index (χ1v) is 9.26. The summed E-state index contributed by atoms with van der Waals surface area (Å²) in [4.78, 5) is 23.1. The van der Waals surface area contributed by atoms with Crippen molar-refractivity contribution >= 4 is 27.7 Å². The number of anilines is 1. The molecule has 0 atom stereocenters. The van der Waals surface area contributed by atoms with Gasteiger partial charge in [0.15, 0.2) is 0 Å². The van der Waals surface area contributed by atoms with Gasteiger partial charge in [0.1, 0.15) is 18.2 Å². The number of benzene rings is 1. The predicted molar refractivity (Wildman–Crippen MR) is 102 cm³/mol. The largest absolute Gasteiger partial charge is 0.476 e. The highest BCUT2D eigenvalue weighted by Gasteiger charge is 2.14. The van der Waals surface area contributed by atoms with Gasteiger partial charge in [-0.15, -0.1) is 0 Å². The second-order valence-electron chi connectivity index (χ2n) is 5.80. The number of aromatic nitrogens is 2. The van der Waals surface area contributed by atoms with Crippen LogP contribution in [0.2, 0.25) is 0 Å². The van der Waals surface area contributed by atoms with Crippen LogP contribution in [0.4, 0.5) is 5.82 Å². The fourth-order valence-electron chi connectivity index (χ4n) is 2.61. The molecule has 1 saturated heterocycles. The van der Waals surface area contributed by atoms with E-state index in [2.05, 4.69) is 36.1 Å². The van der Waals surface area contributed by atoms with E-state index in [0.29, 0.717) is 43.6 Å². The van der Waals surface area contributed by atoms with Crippen molar-refractivity contribution in [2.75, 3.05) is 44.4 Å². The molecule has 2 aromatic rings. The van der Waals surface area contributed by atoms with E-state index in [9.17, 15) is 4.79 Å². The van der Waals surface area contributed by atoms with E-state index in [-0.39, 0.29) is 5.91 Å². The van der Waals surface area contributed by atoms with Crippen LogP contribution in [0.3, 0.4) is 0 Å². The molecule has 2 heterocycles. The van der Waals surface area contributed by atoms with Gasteiger partial charge in [0.2, 0.25) is 5.88 Å². The maximum absolute atomic E-state index is 12.2. The van der Waals surface area contributed by atoms with Crippen molar-refractivity contribution in [1.29, 1.82) is 0 Å². The Balaban J connectivity index is 1.52. The maximum atomic E-state index is 12.2. The van der Waals surface area contributed by atoms with Crippen LogP contribution in [0.5, 0.6) is 5.88 Å². The van der Waals surface area contributed by atoms with E-state index in [1.54, 1.807) is 6.07 Å². The number of carbonyl (C=O) groups is 1. The van der Waals surface area contributed by atoms with E-state index in [0.717, 1.165) is 23.4 Å². The van der Waals surface area contributed by atoms with Crippen molar-refractivity contribution in [3.8, 4) is 5.88 Å². The highest BCUT2D eigenvalue weighted by molar-refractivity contribution is 9.10. The number of amides is 1. The van der Waals surface area contributed by atoms with Crippen LogP contribution in [0.15, 0.2) is 34.8 Å². The SMILES string of the molecule is Cc1nc(OCCNC(=O)c2ccccc2Br)cc(N2CCOCC2)n1. The van der Waals surface area contributed by atoms with Crippen LogP contribution >= 0.6 is 15.9 Å². The van der Waals surface area contributed by atoms with Crippen LogP contribution in [0, 0.1) is 6.92 Å². The number of hydrogen-bond donors (Lipinski definition) is 1. The average Bonchev–Trinajstić information content (AvgIpc) is 2.66. The monoisotopic (exact) mass is 420 g/mol. The predicted octanol–water partition coefficient (Wildman–Crippen LogP) is 2.19. The number of rotatable bonds is 6. The van der Waals surface area contributed by atoms with Gasteiger partial charge in [0, 0.05) is 23.6 Å². The zero-order chi connectivity index (χ0) is 18.4. The lowest BCUT2D eigenvalue weighted by Crippen LogP contribution is -2.37. The number of aryl methyl sites for hydroxylation is 1. The molecule has 1 amide bonds. The molecule has 1 aromatic carbocycles. The molecule has 0 aliphatic carbocycles. The minimum absolute atomic E-state index is 0.144. The van der Waals surface area contributed by atoms with Gasteiger partial charge in [-0.25, -0.2) is 4.98 Å². The molecule has 0 saturated carbocycles. The number of carbonyl (C=O) groups excluding carboxylic acids is 1. The Morgan fingerprint density at radius 1 is 1.31 bits per heavy atom. The van der Waals surface area contributed by atoms with Crippen molar-refractivity contribution in [3.63, 3.8) is 0 Å². The Morgan fingerprint density at radius 3 is 2.85 bits per heavy atom. The smallest absolute Gasteiger partial charge is 0.252 e. The number of nitrogens with zero attached hydrogens (tertiary/aromatic N) is 3. The lowest BCUT2D eigenvalue weighted by atomic mass is 10.2. The van der Waals surface area contributed by atoms with Crippen LogP contribution < -0.4 is 15.0 Å². The van der Waals surface area contributed by atoms with E-state index in [1.165, 1.54) is 0 Å². The molecule has 1 aromatic heterocycles. The summed E-state index contributed by atoms with van der Waals surface area (Å²) in [6, 6.07) is 9.12. The Hall–Kier alpha value is -2.19. The molecule has 8 heteroatoms. The van der Waals surface area contributed by atoms with Crippen LogP contribution in [0.25, 0.3) is 0 Å². The van der Waals surface area contributed by atoms with Gasteiger partial charge in [0.05, 0.1) is 25.3 Å². The summed E-state index contributed by atoms with van der Waals surface area (Å²) in [5.41, 5.74) is 0.597. The number of ether oxygens (including phenoxy) is 2. The van der Waals surface area contributed by atoms with E-state index in [4.69, 9.17) is 9.47 Å². The molecule has 0 spiro atoms. The number of morpholine rings is 1. The number of halogens is 1. The molecule has 1 fully saturated rings. The molecule has 138 valence electrons. The summed E-state index contributed by atoms with van der Waals surface area (Å²) in [7, 11) is 0. The summed E-state index contributed by atoms with van der Waals surface area (Å²) >= 11 is 3.37. The highest BCUT2D eigenvalue weighted by Crippen LogP contribution is 2.18. The second kappa shape index (κ2) is 8.95. The first kappa shape index (κ1) is 18.6. The normalized spacial score (nSPS) is 14.2. The molecule has 1 aliphatic heterocycles. The molecule has 3 rings (SSSR count). The van der Waals surface area contributed by atoms with Gasteiger partial charge in [0.25, 0.3) is 5.91 Å². The molecule has 26 heavy (non-hydrogen) atoms. The standard InChI is InChI=1S/C18H21BrN4O3/c1-13-21-16(23-7-10-25-11-8-23)12-17(22-13)26-9-6-20-18(24)14-4-2-3-5-15(14)19/h2-5,12H,6-11H2,1H3,(H,20,24). The van der Waals surface area contributed by atoms with Crippen molar-refractivity contribution in [3.05, 3.63) is 46.2 Å². The third-order valence-electron chi connectivity index (χ3n) is 3.89. The van der Waals surface area contributed by atoms with Gasteiger partial charge in [-0.1, -0.05) is 12.1 Å². The minimum atomic E-state index is -0.144.